The summed E-state index contributed by atoms with van der Waals surface area (Å²) >= 11 is 0. The maximum absolute atomic E-state index is 11.7. The topological polar surface area (TPSA) is 128 Å². The van der Waals surface area contributed by atoms with Crippen molar-refractivity contribution < 1.29 is 33.1 Å². The second-order valence-corrected chi connectivity index (χ2v) is 10.9. The minimum Gasteiger partial charge on any atom is -0.463 e. The summed E-state index contributed by atoms with van der Waals surface area (Å²) in [6.07, 6.45) is 40.4. The fourth-order valence-electron chi connectivity index (χ4n) is 3.29. The number of phosphoric ester groups is 1. The van der Waals surface area contributed by atoms with E-state index in [1.54, 1.807) is 6.08 Å². The zero-order valence-corrected chi connectivity index (χ0v) is 26.3. The molecule has 1 unspecified atom stereocenters. The highest BCUT2D eigenvalue weighted by atomic mass is 31.2. The molecule has 4 N–H and O–H groups in total. The van der Waals surface area contributed by atoms with Crippen LogP contribution in [0.1, 0.15) is 84.0 Å². The molecule has 0 aromatic carbocycles. The minimum absolute atomic E-state index is 0.0573. The normalized spacial score (nSPS) is 15.0. The van der Waals surface area contributed by atoms with Crippen LogP contribution in [0.5, 0.6) is 0 Å². The van der Waals surface area contributed by atoms with Gasteiger partial charge in [0.1, 0.15) is 12.7 Å². The number of allylic oxidation sites excluding steroid dienone is 13. The van der Waals surface area contributed by atoms with Crippen LogP contribution < -0.4 is 5.73 Å². The van der Waals surface area contributed by atoms with Crippen LogP contribution in [0, 0.1) is 0 Å². The summed E-state index contributed by atoms with van der Waals surface area (Å²) < 4.78 is 25.5. The number of ether oxygens (including phenoxy) is 1. The van der Waals surface area contributed by atoms with E-state index in [4.69, 9.17) is 10.5 Å². The van der Waals surface area contributed by atoms with Crippen molar-refractivity contribution in [3.63, 3.8) is 0 Å². The molecule has 0 aromatic rings. The van der Waals surface area contributed by atoms with E-state index < -0.39 is 26.5 Å². The number of aliphatic hydroxyl groups is 1. The minimum atomic E-state index is -4.27. The van der Waals surface area contributed by atoms with Crippen molar-refractivity contribution >= 4 is 13.8 Å². The van der Waals surface area contributed by atoms with E-state index >= 15 is 0 Å². The molecule has 0 saturated heterocycles. The molecule has 0 bridgehead atoms. The Labute approximate surface area is 254 Å². The van der Waals surface area contributed by atoms with Gasteiger partial charge in [0.05, 0.1) is 19.6 Å². The van der Waals surface area contributed by atoms with Crippen LogP contribution in [-0.4, -0.2) is 48.4 Å². The number of aliphatic hydroxyl groups excluding tert-OH is 1. The Kier molecular flexibility index (Phi) is 28.5. The molecule has 42 heavy (non-hydrogen) atoms. The van der Waals surface area contributed by atoms with E-state index in [-0.39, 0.29) is 26.2 Å². The van der Waals surface area contributed by atoms with Crippen molar-refractivity contribution in [2.75, 3.05) is 26.4 Å². The largest absolute Gasteiger partial charge is 0.472 e. The molecule has 8 nitrogen and oxygen atoms in total. The highest BCUT2D eigenvalue weighted by Gasteiger charge is 2.22. The van der Waals surface area contributed by atoms with E-state index in [9.17, 15) is 19.4 Å². The van der Waals surface area contributed by atoms with Gasteiger partial charge >= 0.3 is 13.8 Å². The monoisotopic (exact) mass is 607 g/mol. The highest BCUT2D eigenvalue weighted by molar-refractivity contribution is 7.47. The van der Waals surface area contributed by atoms with Crippen molar-refractivity contribution in [1.29, 1.82) is 0 Å². The smallest absolute Gasteiger partial charge is 0.463 e. The summed E-state index contributed by atoms with van der Waals surface area (Å²) in [4.78, 5) is 21.0. The summed E-state index contributed by atoms with van der Waals surface area (Å²) in [7, 11) is -4.27. The summed E-state index contributed by atoms with van der Waals surface area (Å²) in [6, 6.07) is 0. The van der Waals surface area contributed by atoms with Crippen LogP contribution in [0.2, 0.25) is 0 Å². The number of carbonyl (C=O) groups is 1. The number of esters is 1. The Morgan fingerprint density at radius 2 is 1.19 bits per heavy atom. The number of rotatable bonds is 27. The zero-order valence-electron chi connectivity index (χ0n) is 25.4. The average Bonchev–Trinajstić information content (AvgIpc) is 2.98. The van der Waals surface area contributed by atoms with Crippen molar-refractivity contribution in [1.82, 2.24) is 0 Å². The predicted molar refractivity (Wildman–Crippen MR) is 173 cm³/mol. The van der Waals surface area contributed by atoms with Gasteiger partial charge in [-0.15, -0.1) is 0 Å². The van der Waals surface area contributed by atoms with E-state index in [0.29, 0.717) is 6.42 Å². The van der Waals surface area contributed by atoms with E-state index in [1.165, 1.54) is 32.1 Å². The lowest BCUT2D eigenvalue weighted by Crippen LogP contribution is -2.23. The third-order valence-corrected chi connectivity index (χ3v) is 6.53. The van der Waals surface area contributed by atoms with Crippen LogP contribution in [0.15, 0.2) is 85.1 Å². The molecule has 0 aliphatic carbocycles. The Bertz CT molecular complexity index is 906. The molecule has 2 atom stereocenters. The van der Waals surface area contributed by atoms with Gasteiger partial charge in [0.2, 0.25) is 0 Å². The molecule has 0 heterocycles. The van der Waals surface area contributed by atoms with Crippen LogP contribution in [0.25, 0.3) is 0 Å². The fraction of sp³-hybridized carbons (Fsp3) is 0.545. The maximum Gasteiger partial charge on any atom is 0.472 e. The summed E-state index contributed by atoms with van der Waals surface area (Å²) in [6.45, 7) is 1.29. The van der Waals surface area contributed by atoms with Gasteiger partial charge in [0.15, 0.2) is 0 Å². The van der Waals surface area contributed by atoms with Crippen molar-refractivity contribution in [2.24, 2.45) is 5.73 Å². The molecule has 9 heteroatoms. The molecule has 0 saturated carbocycles. The second-order valence-electron chi connectivity index (χ2n) is 9.49. The third kappa shape index (κ3) is 30.6. The van der Waals surface area contributed by atoms with Crippen molar-refractivity contribution in [2.45, 2.75) is 90.1 Å². The summed E-state index contributed by atoms with van der Waals surface area (Å²) in [5.41, 5.74) is 5.17. The average molecular weight is 608 g/mol. The molecule has 0 aliphatic heterocycles. The summed E-state index contributed by atoms with van der Waals surface area (Å²) in [5.74, 6) is -0.518. The van der Waals surface area contributed by atoms with Gasteiger partial charge in [-0.3, -0.25) is 13.8 Å². The van der Waals surface area contributed by atoms with E-state index in [0.717, 1.165) is 32.1 Å². The van der Waals surface area contributed by atoms with Gasteiger partial charge in [0.25, 0.3) is 0 Å². The Morgan fingerprint density at radius 1 is 0.714 bits per heavy atom. The van der Waals surface area contributed by atoms with E-state index in [2.05, 4.69) is 82.8 Å². The Balaban J connectivity index is 3.73. The standard InChI is InChI=1S/C33H54NO7P/c1-2-3-4-5-6-7-8-9-10-11-12-13-14-15-16-17-18-19-20-21-22-23-24-25-26-27-33(36)39-30-32(35)31-41-42(37,38)40-29-28-34/h7-8,10-11,13-14,16-17,19-20,22-23,25-26,32,35H,2-6,9,12,15,18,21,24,27-31,34H2,1H3,(H,37,38)/t32-/m1/s1. The Hall–Kier alpha value is -2.32. The molecule has 0 radical (unpaired) electrons. The number of nitrogens with two attached hydrogens (primary N) is 1. The van der Waals surface area contributed by atoms with E-state index in [1.807, 2.05) is 12.2 Å². The first-order valence-electron chi connectivity index (χ1n) is 15.1. The first-order chi connectivity index (χ1) is 20.4. The number of phosphoric acid groups is 1. The third-order valence-electron chi connectivity index (χ3n) is 5.55. The maximum atomic E-state index is 11.7. The molecule has 0 aliphatic rings. The number of hydrogen-bond donors (Lipinski definition) is 3. The van der Waals surface area contributed by atoms with Crippen LogP contribution in [-0.2, 0) is 23.1 Å². The SMILES string of the molecule is CCCCCCC=CCC=CCC=CCC=CCC=CCC=CCC=CCC(=O)OC[C@@H](O)COP(=O)(O)OCCN. The van der Waals surface area contributed by atoms with Gasteiger partial charge in [-0.05, 0) is 51.4 Å². The van der Waals surface area contributed by atoms with Crippen molar-refractivity contribution in [3.8, 4) is 0 Å². The fourth-order valence-corrected chi connectivity index (χ4v) is 4.07. The molecular weight excluding hydrogens is 553 g/mol. The first-order valence-corrected chi connectivity index (χ1v) is 16.6. The quantitative estimate of drug-likeness (QED) is 0.0377. The van der Waals surface area contributed by atoms with Gasteiger partial charge in [-0.25, -0.2) is 4.57 Å². The molecular formula is C33H54NO7P. The highest BCUT2D eigenvalue weighted by Crippen LogP contribution is 2.42. The second kappa shape index (κ2) is 30.1. The predicted octanol–water partition coefficient (Wildman–Crippen LogP) is 7.58. The molecule has 238 valence electrons. The Morgan fingerprint density at radius 3 is 1.67 bits per heavy atom. The zero-order chi connectivity index (χ0) is 31.0. The number of carbonyl (C=O) groups excluding carboxylic acids is 1. The van der Waals surface area contributed by atoms with Gasteiger partial charge < -0.3 is 20.5 Å². The lowest BCUT2D eigenvalue weighted by atomic mass is 10.1. The van der Waals surface area contributed by atoms with Gasteiger partial charge in [0, 0.05) is 6.54 Å². The van der Waals surface area contributed by atoms with Gasteiger partial charge in [-0.1, -0.05) is 111 Å². The number of hydrogen-bond acceptors (Lipinski definition) is 7. The molecule has 0 fully saturated rings. The molecule has 0 rings (SSSR count). The first kappa shape index (κ1) is 39.7. The molecule has 0 aromatic heterocycles. The van der Waals surface area contributed by atoms with Gasteiger partial charge in [-0.2, -0.15) is 0 Å². The van der Waals surface area contributed by atoms with Crippen LogP contribution in [0.4, 0.5) is 0 Å². The van der Waals surface area contributed by atoms with Crippen molar-refractivity contribution in [3.05, 3.63) is 85.1 Å². The lowest BCUT2D eigenvalue weighted by Gasteiger charge is -2.14. The number of unbranched alkanes of at least 4 members (excludes halogenated alkanes) is 4. The molecule has 0 spiro atoms. The lowest BCUT2D eigenvalue weighted by molar-refractivity contribution is -0.146. The molecule has 0 amide bonds. The van der Waals surface area contributed by atoms with Crippen LogP contribution in [0.3, 0.4) is 0 Å². The summed E-state index contributed by atoms with van der Waals surface area (Å²) in [5, 5.41) is 9.70. The van der Waals surface area contributed by atoms with Crippen LogP contribution >= 0.6 is 7.82 Å².